The molecule has 1 atom stereocenters. The zero-order chi connectivity index (χ0) is 18.4. The minimum absolute atomic E-state index is 0.172. The Morgan fingerprint density at radius 3 is 2.38 bits per heavy atom. The zero-order valence-corrected chi connectivity index (χ0v) is 13.3. The lowest BCUT2D eigenvalue weighted by Gasteiger charge is -2.38. The van der Waals surface area contributed by atoms with Gasteiger partial charge in [0.1, 0.15) is 11.4 Å². The second-order valence-electron chi connectivity index (χ2n) is 6.06. The molecule has 1 aliphatic rings. The molecule has 1 aromatic rings. The first kappa shape index (κ1) is 18.4. The predicted molar refractivity (Wildman–Crippen MR) is 76.6 cm³/mol. The highest BCUT2D eigenvalue weighted by atomic mass is 19.4. The lowest BCUT2D eigenvalue weighted by molar-refractivity contribution is -0.138. The first-order valence-electron chi connectivity index (χ1n) is 7.30. The Balaban J connectivity index is 2.58. The first-order valence-corrected chi connectivity index (χ1v) is 7.30. The van der Waals surface area contributed by atoms with E-state index < -0.39 is 47.1 Å². The average Bonchev–Trinajstić information content (AvgIpc) is 2.39. The Morgan fingerprint density at radius 2 is 1.92 bits per heavy atom. The van der Waals surface area contributed by atoms with Gasteiger partial charge in [0.15, 0.2) is 0 Å². The number of hydrogen-bond acceptors (Lipinski definition) is 3. The SMILES string of the molecule is Cc1nc(N2CCC(F)(F)C(C)C2)c(C(=O)O)c(C)c1C(F)(F)F. The van der Waals surface area contributed by atoms with Crippen LogP contribution in [0.1, 0.15) is 40.5 Å². The number of pyridine rings is 1. The number of nitrogens with zero attached hydrogens (tertiary/aromatic N) is 2. The molecule has 0 saturated carbocycles. The molecule has 0 amide bonds. The fourth-order valence-corrected chi connectivity index (χ4v) is 3.02. The molecule has 1 N–H and O–H groups in total. The summed E-state index contributed by atoms with van der Waals surface area (Å²) in [6, 6.07) is 0. The van der Waals surface area contributed by atoms with Crippen LogP contribution in [0.5, 0.6) is 0 Å². The van der Waals surface area contributed by atoms with E-state index in [-0.39, 0.29) is 24.6 Å². The van der Waals surface area contributed by atoms with Crippen LogP contribution in [-0.2, 0) is 6.18 Å². The van der Waals surface area contributed by atoms with Crippen molar-refractivity contribution in [3.05, 3.63) is 22.4 Å². The molecule has 0 spiro atoms. The third-order valence-electron chi connectivity index (χ3n) is 4.34. The summed E-state index contributed by atoms with van der Waals surface area (Å²) in [4.78, 5) is 16.6. The number of aryl methyl sites for hydroxylation is 1. The second-order valence-corrected chi connectivity index (χ2v) is 6.06. The van der Waals surface area contributed by atoms with Gasteiger partial charge in [-0.1, -0.05) is 6.92 Å². The van der Waals surface area contributed by atoms with E-state index in [2.05, 4.69) is 4.98 Å². The van der Waals surface area contributed by atoms with Gasteiger partial charge < -0.3 is 10.0 Å². The monoisotopic (exact) mass is 352 g/mol. The standard InChI is InChI=1S/C15H17F5N2O2/c1-7-6-22(5-4-14(7,16)17)12-10(13(23)24)8(2)11(9(3)21-12)15(18,19)20/h7H,4-6H2,1-3H3,(H,23,24). The van der Waals surface area contributed by atoms with E-state index in [1.165, 1.54) is 11.8 Å². The topological polar surface area (TPSA) is 53.4 Å². The molecule has 1 unspecified atom stereocenters. The van der Waals surface area contributed by atoms with Crippen molar-refractivity contribution in [1.82, 2.24) is 4.98 Å². The van der Waals surface area contributed by atoms with Crippen molar-refractivity contribution < 1.29 is 31.9 Å². The highest BCUT2D eigenvalue weighted by Gasteiger charge is 2.43. The fourth-order valence-electron chi connectivity index (χ4n) is 3.02. The number of carboxylic acid groups (broad SMARTS) is 1. The minimum Gasteiger partial charge on any atom is -0.478 e. The molecule has 0 aliphatic carbocycles. The lowest BCUT2D eigenvalue weighted by Crippen LogP contribution is -2.46. The van der Waals surface area contributed by atoms with Crippen LogP contribution in [0.15, 0.2) is 0 Å². The van der Waals surface area contributed by atoms with E-state index in [1.54, 1.807) is 0 Å². The number of carbonyl (C=O) groups is 1. The van der Waals surface area contributed by atoms with E-state index in [4.69, 9.17) is 0 Å². The largest absolute Gasteiger partial charge is 0.478 e. The number of carboxylic acids is 1. The van der Waals surface area contributed by atoms with Crippen LogP contribution in [0.2, 0.25) is 0 Å². The van der Waals surface area contributed by atoms with E-state index in [0.29, 0.717) is 0 Å². The van der Waals surface area contributed by atoms with Gasteiger partial charge in [0.2, 0.25) is 0 Å². The summed E-state index contributed by atoms with van der Waals surface area (Å²) in [6.45, 7) is 3.16. The van der Waals surface area contributed by atoms with Crippen molar-refractivity contribution in [2.75, 3.05) is 18.0 Å². The molecule has 24 heavy (non-hydrogen) atoms. The molecule has 0 bridgehead atoms. The summed E-state index contributed by atoms with van der Waals surface area (Å²) in [5.74, 6) is -5.70. The van der Waals surface area contributed by atoms with E-state index >= 15 is 0 Å². The van der Waals surface area contributed by atoms with Gasteiger partial charge in [0, 0.05) is 25.4 Å². The van der Waals surface area contributed by atoms with Crippen molar-refractivity contribution in [1.29, 1.82) is 0 Å². The van der Waals surface area contributed by atoms with Gasteiger partial charge >= 0.3 is 12.1 Å². The third kappa shape index (κ3) is 3.16. The van der Waals surface area contributed by atoms with Crippen LogP contribution >= 0.6 is 0 Å². The van der Waals surface area contributed by atoms with E-state index in [1.807, 2.05) is 0 Å². The normalized spacial score (nSPS) is 21.0. The Bertz CT molecular complexity index is 673. The Kier molecular flexibility index (Phi) is 4.49. The summed E-state index contributed by atoms with van der Waals surface area (Å²) in [5.41, 5.74) is -2.52. The molecule has 2 heterocycles. The van der Waals surface area contributed by atoms with Crippen LogP contribution in [0.25, 0.3) is 0 Å². The summed E-state index contributed by atoms with van der Waals surface area (Å²) in [7, 11) is 0. The fraction of sp³-hybridized carbons (Fsp3) is 0.600. The molecule has 1 aromatic heterocycles. The lowest BCUT2D eigenvalue weighted by atomic mass is 9.94. The number of alkyl halides is 5. The minimum atomic E-state index is -4.74. The molecule has 1 saturated heterocycles. The molecule has 4 nitrogen and oxygen atoms in total. The highest BCUT2D eigenvalue weighted by Crippen LogP contribution is 2.40. The summed E-state index contributed by atoms with van der Waals surface area (Å²) in [6.07, 6.45) is -5.25. The summed E-state index contributed by atoms with van der Waals surface area (Å²) >= 11 is 0. The van der Waals surface area contributed by atoms with Crippen molar-refractivity contribution in [3.8, 4) is 0 Å². The number of anilines is 1. The van der Waals surface area contributed by atoms with Gasteiger partial charge in [-0.3, -0.25) is 0 Å². The first-order chi connectivity index (χ1) is 10.9. The smallest absolute Gasteiger partial charge is 0.418 e. The molecule has 134 valence electrons. The number of rotatable bonds is 2. The molecule has 1 fully saturated rings. The van der Waals surface area contributed by atoms with Gasteiger partial charge in [-0.25, -0.2) is 18.6 Å². The number of hydrogen-bond donors (Lipinski definition) is 1. The van der Waals surface area contributed by atoms with Crippen LogP contribution in [0.3, 0.4) is 0 Å². The predicted octanol–water partition coefficient (Wildman–Crippen LogP) is 3.90. The van der Waals surface area contributed by atoms with Gasteiger partial charge in [-0.2, -0.15) is 13.2 Å². The van der Waals surface area contributed by atoms with Gasteiger partial charge in [0.25, 0.3) is 5.92 Å². The Labute approximate surface area is 135 Å². The van der Waals surface area contributed by atoms with Crippen molar-refractivity contribution >= 4 is 11.8 Å². The molecule has 9 heteroatoms. The van der Waals surface area contributed by atoms with Gasteiger partial charge in [-0.05, 0) is 19.4 Å². The second kappa shape index (κ2) is 5.86. The molecule has 0 radical (unpaired) electrons. The average molecular weight is 352 g/mol. The quantitative estimate of drug-likeness (QED) is 0.821. The number of halogens is 5. The Morgan fingerprint density at radius 1 is 1.33 bits per heavy atom. The molecule has 0 aromatic carbocycles. The van der Waals surface area contributed by atoms with Crippen LogP contribution < -0.4 is 4.90 Å². The van der Waals surface area contributed by atoms with Crippen molar-refractivity contribution in [2.24, 2.45) is 5.92 Å². The van der Waals surface area contributed by atoms with Gasteiger partial charge in [-0.15, -0.1) is 0 Å². The maximum Gasteiger partial charge on any atom is 0.418 e. The van der Waals surface area contributed by atoms with Crippen molar-refractivity contribution in [2.45, 2.75) is 39.3 Å². The molecule has 2 rings (SSSR count). The highest BCUT2D eigenvalue weighted by molar-refractivity contribution is 5.95. The van der Waals surface area contributed by atoms with Crippen molar-refractivity contribution in [3.63, 3.8) is 0 Å². The Hall–Kier alpha value is -1.93. The zero-order valence-electron chi connectivity index (χ0n) is 13.3. The number of aromatic nitrogens is 1. The van der Waals surface area contributed by atoms with Crippen LogP contribution in [-0.4, -0.2) is 35.1 Å². The summed E-state index contributed by atoms with van der Waals surface area (Å²) < 4.78 is 66.7. The molecule has 1 aliphatic heterocycles. The van der Waals surface area contributed by atoms with Crippen LogP contribution in [0.4, 0.5) is 27.8 Å². The number of piperidine rings is 1. The van der Waals surface area contributed by atoms with Gasteiger partial charge in [0.05, 0.1) is 11.3 Å². The van der Waals surface area contributed by atoms with Crippen LogP contribution in [0, 0.1) is 19.8 Å². The van der Waals surface area contributed by atoms with E-state index in [9.17, 15) is 31.9 Å². The van der Waals surface area contributed by atoms with E-state index in [0.717, 1.165) is 13.8 Å². The molecular formula is C15H17F5N2O2. The molecular weight excluding hydrogens is 335 g/mol. The third-order valence-corrected chi connectivity index (χ3v) is 4.34. The maximum atomic E-state index is 13.6. The number of aromatic carboxylic acids is 1. The summed E-state index contributed by atoms with van der Waals surface area (Å²) in [5, 5.41) is 9.34. The maximum absolute atomic E-state index is 13.6.